The van der Waals surface area contributed by atoms with Gasteiger partial charge in [0, 0.05) is 24.3 Å². The molecule has 0 radical (unpaired) electrons. The van der Waals surface area contributed by atoms with Crippen LogP contribution in [0.5, 0.6) is 0 Å². The van der Waals surface area contributed by atoms with Gasteiger partial charge in [0.05, 0.1) is 11.1 Å². The van der Waals surface area contributed by atoms with E-state index in [4.69, 9.17) is 4.42 Å². The number of halogens is 1. The van der Waals surface area contributed by atoms with E-state index in [1.165, 1.54) is 23.1 Å². The maximum absolute atomic E-state index is 16.6. The van der Waals surface area contributed by atoms with Crippen molar-refractivity contribution in [3.63, 3.8) is 0 Å². The number of pyridine rings is 1. The maximum Gasteiger partial charge on any atom is 0.216 e. The van der Waals surface area contributed by atoms with E-state index < -0.39 is 5.89 Å². The van der Waals surface area contributed by atoms with Crippen LogP contribution >= 0.6 is 0 Å². The average molecular weight is 632 g/mol. The molecule has 3 aromatic carbocycles. The van der Waals surface area contributed by atoms with Crippen molar-refractivity contribution >= 4 is 21.9 Å². The van der Waals surface area contributed by atoms with Crippen LogP contribution in [0.1, 0.15) is 128 Å². The summed E-state index contributed by atoms with van der Waals surface area (Å²) in [7, 11) is 2.09. The smallest absolute Gasteiger partial charge is 0.216 e. The highest BCUT2D eigenvalue weighted by molar-refractivity contribution is 6.13. The Kier molecular flexibility index (Phi) is 7.43. The van der Waals surface area contributed by atoms with Gasteiger partial charge in [-0.05, 0) is 107 Å². The van der Waals surface area contributed by atoms with Crippen molar-refractivity contribution in [2.24, 2.45) is 12.5 Å². The summed E-state index contributed by atoms with van der Waals surface area (Å²) in [6.45, 7) is 18.3. The lowest BCUT2D eigenvalue weighted by Crippen LogP contribution is -2.36. The Morgan fingerprint density at radius 1 is 0.851 bits per heavy atom. The molecule has 0 spiro atoms. The first-order valence-electron chi connectivity index (χ1n) is 18.3. The maximum atomic E-state index is 16.6. The van der Waals surface area contributed by atoms with Crippen LogP contribution < -0.4 is 4.57 Å². The molecular weight excluding hydrogens is 577 g/mol. The predicted molar refractivity (Wildman–Crippen MR) is 195 cm³/mol. The van der Waals surface area contributed by atoms with Crippen molar-refractivity contribution in [3.8, 4) is 22.4 Å². The second-order valence-electron chi connectivity index (χ2n) is 17.1. The Morgan fingerprint density at radius 3 is 2.17 bits per heavy atom. The molecule has 1 fully saturated rings. The summed E-state index contributed by atoms with van der Waals surface area (Å²) >= 11 is 0. The molecule has 2 aliphatic carbocycles. The van der Waals surface area contributed by atoms with Crippen LogP contribution in [-0.4, -0.2) is 0 Å². The monoisotopic (exact) mass is 631 g/mol. The molecule has 0 saturated heterocycles. The minimum Gasteiger partial charge on any atom is -0.454 e. The summed E-state index contributed by atoms with van der Waals surface area (Å²) in [4.78, 5) is 0. The number of fused-ring (bicyclic) bond motifs is 4. The molecule has 5 aromatic rings. The minimum atomic E-state index is -0.598. The molecular formula is C44H53FNO+. The first-order valence-corrected chi connectivity index (χ1v) is 17.8. The number of furan rings is 1. The highest BCUT2D eigenvalue weighted by Crippen LogP contribution is 2.54. The van der Waals surface area contributed by atoms with Crippen LogP contribution in [0.25, 0.3) is 44.3 Å². The molecule has 0 N–H and O–H groups in total. The lowest BCUT2D eigenvalue weighted by molar-refractivity contribution is -0.660. The molecule has 2 nitrogen and oxygen atoms in total. The van der Waals surface area contributed by atoms with Crippen LogP contribution in [0.3, 0.4) is 0 Å². The van der Waals surface area contributed by atoms with Crippen molar-refractivity contribution in [2.45, 2.75) is 123 Å². The fourth-order valence-electron chi connectivity index (χ4n) is 8.77. The van der Waals surface area contributed by atoms with Gasteiger partial charge in [-0.2, -0.15) is 0 Å². The van der Waals surface area contributed by atoms with E-state index in [0.717, 1.165) is 89.2 Å². The standard InChI is InChI=1S/C44H53FNO/c1-27-15-16-31-32-19-20-34(45)37(41(32)47-40(31)36(27)35-25-28(21-24-46(35)9)26-42(2,3)4)33-18-17-30(29-13-11-10-12-14-29)38-39(33)44(7,8)23-22-43(38,5)6/h15-21,24-25,29H,10-14,22-23,26H2,1-9H3/q+1/i29D. The molecule has 47 heavy (non-hydrogen) atoms. The van der Waals surface area contributed by atoms with Gasteiger partial charge in [0.25, 0.3) is 0 Å². The third-order valence-corrected chi connectivity index (χ3v) is 11.2. The Morgan fingerprint density at radius 2 is 1.49 bits per heavy atom. The Hall–Kier alpha value is -3.46. The quantitative estimate of drug-likeness (QED) is 0.180. The molecule has 0 aliphatic heterocycles. The van der Waals surface area contributed by atoms with Crippen molar-refractivity contribution in [3.05, 3.63) is 88.4 Å². The zero-order chi connectivity index (χ0) is 34.4. The third kappa shape index (κ3) is 5.52. The summed E-state index contributed by atoms with van der Waals surface area (Å²) in [6, 6.07) is 16.7. The summed E-state index contributed by atoms with van der Waals surface area (Å²) < 4.78 is 35.4. The van der Waals surface area contributed by atoms with E-state index in [2.05, 4.69) is 110 Å². The summed E-state index contributed by atoms with van der Waals surface area (Å²) in [5.41, 5.74) is 11.0. The second kappa shape index (κ2) is 11.3. The summed E-state index contributed by atoms with van der Waals surface area (Å²) in [6.07, 6.45) is 10.3. The van der Waals surface area contributed by atoms with Gasteiger partial charge in [-0.15, -0.1) is 0 Å². The zero-order valence-electron chi connectivity index (χ0n) is 31.1. The average Bonchev–Trinajstić information content (AvgIpc) is 3.38. The lowest BCUT2D eigenvalue weighted by Gasteiger charge is -2.45. The minimum absolute atomic E-state index is 0.114. The molecule has 2 aromatic heterocycles. The van der Waals surface area contributed by atoms with Gasteiger partial charge in [0.15, 0.2) is 6.20 Å². The highest BCUT2D eigenvalue weighted by atomic mass is 19.1. The number of aromatic nitrogens is 1. The molecule has 7 rings (SSSR count). The van der Waals surface area contributed by atoms with E-state index in [-0.39, 0.29) is 22.1 Å². The fraction of sp³-hybridized carbons (Fsp3) is 0.477. The van der Waals surface area contributed by atoms with Gasteiger partial charge < -0.3 is 4.42 Å². The molecule has 1 saturated carbocycles. The number of nitrogens with zero attached hydrogens (tertiary/aromatic N) is 1. The van der Waals surface area contributed by atoms with Crippen molar-refractivity contribution in [2.75, 3.05) is 0 Å². The lowest BCUT2D eigenvalue weighted by atomic mass is 9.59. The SMILES string of the molecule is [2H]C1(c2ccc(-c3c(F)ccc4c3oc3c(-c5cc(CC(C)(C)C)cc[n+]5C)c(C)ccc34)c3c2C(C)(C)CCC3(C)C)CCCCC1. The number of benzene rings is 3. The van der Waals surface area contributed by atoms with E-state index in [9.17, 15) is 1.37 Å². The number of hydrogen-bond acceptors (Lipinski definition) is 1. The number of aryl methyl sites for hydroxylation is 2. The Labute approximate surface area is 282 Å². The first-order chi connectivity index (χ1) is 22.5. The van der Waals surface area contributed by atoms with Gasteiger partial charge in [-0.25, -0.2) is 8.96 Å². The van der Waals surface area contributed by atoms with Crippen molar-refractivity contribution in [1.29, 1.82) is 0 Å². The van der Waals surface area contributed by atoms with Crippen molar-refractivity contribution in [1.82, 2.24) is 0 Å². The second-order valence-corrected chi connectivity index (χ2v) is 17.1. The van der Waals surface area contributed by atoms with Gasteiger partial charge >= 0.3 is 0 Å². The first kappa shape index (κ1) is 30.8. The topological polar surface area (TPSA) is 17.0 Å². The van der Waals surface area contributed by atoms with Gasteiger partial charge in [-0.3, -0.25) is 0 Å². The van der Waals surface area contributed by atoms with Crippen LogP contribution in [0.15, 0.2) is 59.1 Å². The van der Waals surface area contributed by atoms with Crippen LogP contribution in [0.4, 0.5) is 4.39 Å². The van der Waals surface area contributed by atoms with Crippen LogP contribution in [0, 0.1) is 18.2 Å². The van der Waals surface area contributed by atoms with Gasteiger partial charge in [0.1, 0.15) is 24.0 Å². The summed E-state index contributed by atoms with van der Waals surface area (Å²) in [5.74, 6) is -0.858. The third-order valence-electron chi connectivity index (χ3n) is 11.2. The number of rotatable bonds is 4. The summed E-state index contributed by atoms with van der Waals surface area (Å²) in [5, 5.41) is 1.94. The van der Waals surface area contributed by atoms with Crippen LogP contribution in [0.2, 0.25) is 0 Å². The fourth-order valence-corrected chi connectivity index (χ4v) is 8.77. The highest BCUT2D eigenvalue weighted by Gasteiger charge is 2.42. The van der Waals surface area contributed by atoms with Crippen molar-refractivity contribution < 1.29 is 14.7 Å². The van der Waals surface area contributed by atoms with Crippen LogP contribution in [-0.2, 0) is 24.3 Å². The normalized spacial score (nSPS) is 19.1. The van der Waals surface area contributed by atoms with Gasteiger partial charge in [-0.1, -0.05) is 92.0 Å². The molecule has 0 amide bonds. The molecule has 0 bridgehead atoms. The molecule has 3 heteroatoms. The molecule has 0 atom stereocenters. The van der Waals surface area contributed by atoms with Gasteiger partial charge in [0.2, 0.25) is 5.69 Å². The molecule has 0 unspecified atom stereocenters. The number of hydrogen-bond donors (Lipinski definition) is 0. The Bertz CT molecular complexity index is 2070. The van der Waals surface area contributed by atoms with E-state index >= 15 is 4.39 Å². The van der Waals surface area contributed by atoms with E-state index in [0.29, 0.717) is 11.1 Å². The molecule has 2 aliphatic rings. The molecule has 2 heterocycles. The predicted octanol–water partition coefficient (Wildman–Crippen LogP) is 12.2. The zero-order valence-corrected chi connectivity index (χ0v) is 30.1. The van der Waals surface area contributed by atoms with E-state index in [1.54, 1.807) is 6.07 Å². The Balaban J connectivity index is 1.52. The molecule has 246 valence electrons. The largest absolute Gasteiger partial charge is 0.454 e. The van der Waals surface area contributed by atoms with E-state index in [1.807, 2.05) is 6.07 Å².